The van der Waals surface area contributed by atoms with Crippen molar-refractivity contribution in [3.05, 3.63) is 26.9 Å². The molecule has 0 unspecified atom stereocenters. The molecule has 1 N–H and O–H groups in total. The van der Waals surface area contributed by atoms with Crippen molar-refractivity contribution in [1.82, 2.24) is 4.90 Å². The molecule has 1 heterocycles. The van der Waals surface area contributed by atoms with Gasteiger partial charge in [-0.2, -0.15) is 0 Å². The quantitative estimate of drug-likeness (QED) is 0.815. The lowest BCUT2D eigenvalue weighted by Crippen LogP contribution is -2.26. The Kier molecular flexibility index (Phi) is 6.07. The van der Waals surface area contributed by atoms with Gasteiger partial charge in [0, 0.05) is 31.0 Å². The van der Waals surface area contributed by atoms with Crippen molar-refractivity contribution in [2.75, 3.05) is 13.6 Å². The monoisotopic (exact) mass is 331 g/mol. The van der Waals surface area contributed by atoms with Crippen LogP contribution < -0.4 is 0 Å². The molecule has 0 spiro atoms. The fourth-order valence-corrected chi connectivity index (χ4v) is 2.60. The number of hydrogen-bond acceptors (Lipinski definition) is 3. The molecule has 0 aliphatic heterocycles. The molecule has 0 fully saturated rings. The average Bonchev–Trinajstić information content (AvgIpc) is 2.71. The van der Waals surface area contributed by atoms with E-state index in [4.69, 9.17) is 5.11 Å². The Morgan fingerprint density at radius 1 is 1.50 bits per heavy atom. The molecule has 18 heavy (non-hydrogen) atoms. The summed E-state index contributed by atoms with van der Waals surface area (Å²) in [5.74, 6) is -0.959. The van der Waals surface area contributed by atoms with E-state index in [2.05, 4.69) is 15.9 Å². The zero-order valence-electron chi connectivity index (χ0n) is 9.93. The van der Waals surface area contributed by atoms with Gasteiger partial charge >= 0.3 is 5.97 Å². The van der Waals surface area contributed by atoms with Crippen LogP contribution in [-0.4, -0.2) is 35.5 Å². The maximum Gasteiger partial charge on any atom is 0.303 e. The van der Waals surface area contributed by atoms with Crippen molar-refractivity contribution in [1.29, 1.82) is 0 Å². The lowest BCUT2D eigenvalue weighted by Gasteiger charge is -2.13. The van der Waals surface area contributed by atoms with Crippen molar-refractivity contribution in [2.24, 2.45) is 0 Å². The molecule has 0 atom stereocenters. The number of carboxylic acids is 1. The minimum atomic E-state index is -0.838. The fourth-order valence-electron chi connectivity index (χ4n) is 1.28. The van der Waals surface area contributed by atoms with E-state index in [0.717, 1.165) is 8.66 Å². The maximum absolute atomic E-state index is 11.7. The van der Waals surface area contributed by atoms with Crippen LogP contribution in [0, 0.1) is 0 Å². The standard InChI is InChI=1S/C12H14BrNO3S/c1-14(8-2-3-12(16)17)11(15)7-5-9-4-6-10(13)18-9/h4-7H,2-3,8H2,1H3,(H,16,17)/b7-5+. The fraction of sp³-hybridized carbons (Fsp3) is 0.333. The van der Waals surface area contributed by atoms with Crippen LogP contribution in [0.15, 0.2) is 22.0 Å². The van der Waals surface area contributed by atoms with Crippen molar-refractivity contribution in [3.8, 4) is 0 Å². The summed E-state index contributed by atoms with van der Waals surface area (Å²) in [6.45, 7) is 0.448. The number of carbonyl (C=O) groups is 2. The van der Waals surface area contributed by atoms with Gasteiger partial charge in [0.2, 0.25) is 5.91 Å². The van der Waals surface area contributed by atoms with E-state index in [1.165, 1.54) is 11.0 Å². The number of amides is 1. The van der Waals surface area contributed by atoms with Crippen molar-refractivity contribution in [3.63, 3.8) is 0 Å². The van der Waals surface area contributed by atoms with Gasteiger partial charge in [0.05, 0.1) is 3.79 Å². The Morgan fingerprint density at radius 2 is 2.22 bits per heavy atom. The number of aliphatic carboxylic acids is 1. The highest BCUT2D eigenvalue weighted by Gasteiger charge is 2.05. The van der Waals surface area contributed by atoms with Crippen molar-refractivity contribution < 1.29 is 14.7 Å². The largest absolute Gasteiger partial charge is 0.481 e. The normalized spacial score (nSPS) is 10.8. The second-order valence-corrected chi connectivity index (χ2v) is 6.23. The first-order valence-corrected chi connectivity index (χ1v) is 7.00. The smallest absolute Gasteiger partial charge is 0.303 e. The minimum Gasteiger partial charge on any atom is -0.481 e. The Hall–Kier alpha value is -1.14. The van der Waals surface area contributed by atoms with Crippen LogP contribution in [0.25, 0.3) is 6.08 Å². The van der Waals surface area contributed by atoms with Gasteiger partial charge in [-0.1, -0.05) is 0 Å². The van der Waals surface area contributed by atoms with E-state index in [1.807, 2.05) is 12.1 Å². The third-order valence-corrected chi connectivity index (χ3v) is 3.83. The number of rotatable bonds is 6. The average molecular weight is 332 g/mol. The second kappa shape index (κ2) is 7.33. The number of likely N-dealkylation sites (N-methyl/N-ethyl adjacent to an activating group) is 1. The Morgan fingerprint density at radius 3 is 2.78 bits per heavy atom. The predicted octanol–water partition coefficient (Wildman–Crippen LogP) is 2.85. The highest BCUT2D eigenvalue weighted by molar-refractivity contribution is 9.11. The van der Waals surface area contributed by atoms with E-state index in [-0.39, 0.29) is 12.3 Å². The van der Waals surface area contributed by atoms with Crippen LogP contribution in [0.1, 0.15) is 17.7 Å². The number of carbonyl (C=O) groups excluding carboxylic acids is 1. The predicted molar refractivity (Wildman–Crippen MR) is 75.6 cm³/mol. The van der Waals surface area contributed by atoms with E-state index >= 15 is 0 Å². The highest BCUT2D eigenvalue weighted by Crippen LogP contribution is 2.22. The van der Waals surface area contributed by atoms with Crippen molar-refractivity contribution >= 4 is 45.2 Å². The van der Waals surface area contributed by atoms with E-state index in [1.54, 1.807) is 24.5 Å². The molecule has 0 radical (unpaired) electrons. The van der Waals surface area contributed by atoms with Gasteiger partial charge in [0.25, 0.3) is 0 Å². The summed E-state index contributed by atoms with van der Waals surface area (Å²) in [5.41, 5.74) is 0. The molecular formula is C12H14BrNO3S. The molecular weight excluding hydrogens is 318 g/mol. The highest BCUT2D eigenvalue weighted by atomic mass is 79.9. The zero-order chi connectivity index (χ0) is 13.5. The lowest BCUT2D eigenvalue weighted by atomic mass is 10.3. The van der Waals surface area contributed by atoms with E-state index < -0.39 is 5.97 Å². The molecule has 4 nitrogen and oxygen atoms in total. The zero-order valence-corrected chi connectivity index (χ0v) is 12.3. The van der Waals surface area contributed by atoms with E-state index in [0.29, 0.717) is 13.0 Å². The first-order chi connectivity index (χ1) is 8.49. The topological polar surface area (TPSA) is 57.6 Å². The Bertz CT molecular complexity index is 456. The van der Waals surface area contributed by atoms with Crippen LogP contribution >= 0.6 is 27.3 Å². The number of carboxylic acid groups (broad SMARTS) is 1. The summed E-state index contributed by atoms with van der Waals surface area (Å²) in [7, 11) is 1.67. The number of hydrogen-bond donors (Lipinski definition) is 1. The summed E-state index contributed by atoms with van der Waals surface area (Å²) in [6, 6.07) is 3.84. The summed E-state index contributed by atoms with van der Waals surface area (Å²) in [4.78, 5) is 24.5. The van der Waals surface area contributed by atoms with Crippen LogP contribution in [0.4, 0.5) is 0 Å². The third kappa shape index (κ3) is 5.46. The molecule has 6 heteroatoms. The summed E-state index contributed by atoms with van der Waals surface area (Å²) in [5, 5.41) is 8.50. The second-order valence-electron chi connectivity index (χ2n) is 3.73. The molecule has 0 saturated carbocycles. The molecule has 1 amide bonds. The van der Waals surface area contributed by atoms with Gasteiger partial charge in [-0.05, 0) is 40.6 Å². The SMILES string of the molecule is CN(CCCC(=O)O)C(=O)/C=C/c1ccc(Br)s1. The van der Waals surface area contributed by atoms with Crippen molar-refractivity contribution in [2.45, 2.75) is 12.8 Å². The van der Waals surface area contributed by atoms with Crippen LogP contribution in [0.2, 0.25) is 0 Å². The van der Waals surface area contributed by atoms with Gasteiger partial charge in [0.15, 0.2) is 0 Å². The summed E-state index contributed by atoms with van der Waals surface area (Å²) >= 11 is 4.89. The molecule has 1 rings (SSSR count). The van der Waals surface area contributed by atoms with Crippen LogP contribution in [0.3, 0.4) is 0 Å². The van der Waals surface area contributed by atoms with E-state index in [9.17, 15) is 9.59 Å². The molecule has 1 aromatic heterocycles. The molecule has 1 aromatic rings. The van der Waals surface area contributed by atoms with Gasteiger partial charge < -0.3 is 10.0 Å². The number of thiophene rings is 1. The lowest BCUT2D eigenvalue weighted by molar-refractivity contribution is -0.137. The molecule has 98 valence electrons. The minimum absolute atomic E-state index is 0.0825. The molecule has 0 aromatic carbocycles. The van der Waals surface area contributed by atoms with Gasteiger partial charge in [0.1, 0.15) is 0 Å². The Labute approximate surface area is 118 Å². The first-order valence-electron chi connectivity index (χ1n) is 5.39. The van der Waals surface area contributed by atoms with Gasteiger partial charge in [-0.25, -0.2) is 0 Å². The van der Waals surface area contributed by atoms with Crippen LogP contribution in [0.5, 0.6) is 0 Å². The number of nitrogens with zero attached hydrogens (tertiary/aromatic N) is 1. The molecule has 0 saturated heterocycles. The molecule has 0 aliphatic carbocycles. The molecule has 0 bridgehead atoms. The Balaban J connectivity index is 2.39. The van der Waals surface area contributed by atoms with Gasteiger partial charge in [-0.15, -0.1) is 11.3 Å². The summed E-state index contributed by atoms with van der Waals surface area (Å²) in [6.07, 6.45) is 3.81. The number of halogens is 1. The van der Waals surface area contributed by atoms with Crippen LogP contribution in [-0.2, 0) is 9.59 Å². The maximum atomic E-state index is 11.7. The first kappa shape index (κ1) is 14.9. The molecule has 0 aliphatic rings. The third-order valence-electron chi connectivity index (χ3n) is 2.24. The van der Waals surface area contributed by atoms with Gasteiger partial charge in [-0.3, -0.25) is 9.59 Å². The summed E-state index contributed by atoms with van der Waals surface area (Å²) < 4.78 is 1.02.